The molecule has 32 heavy (non-hydrogen) atoms. The fourth-order valence-corrected chi connectivity index (χ4v) is 4.96. The molecule has 1 spiro atoms. The number of benzene rings is 1. The SMILES string of the molecule is COC[C@H]1C[C@]2(CN(C)C(=O)c3c(O)c(=O)c(C(=O)NCc4cccc(Cl)c4F)cn32)C1. The van der Waals surface area contributed by atoms with Crippen molar-refractivity contribution in [2.24, 2.45) is 5.92 Å². The summed E-state index contributed by atoms with van der Waals surface area (Å²) in [4.78, 5) is 39.7. The Hall–Kier alpha value is -2.91. The number of fused-ring (bicyclic) bond motifs is 2. The summed E-state index contributed by atoms with van der Waals surface area (Å²) in [5, 5.41) is 13.0. The molecule has 0 unspecified atom stereocenters. The highest BCUT2D eigenvalue weighted by Crippen LogP contribution is 2.48. The average molecular weight is 464 g/mol. The summed E-state index contributed by atoms with van der Waals surface area (Å²) in [6, 6.07) is 4.40. The number of pyridine rings is 1. The molecule has 10 heteroatoms. The zero-order valence-electron chi connectivity index (χ0n) is 17.7. The lowest BCUT2D eigenvalue weighted by Gasteiger charge is -2.54. The number of carbonyl (C=O) groups excluding carboxylic acids is 2. The van der Waals surface area contributed by atoms with Crippen LogP contribution in [0.25, 0.3) is 0 Å². The van der Waals surface area contributed by atoms with Crippen LogP contribution < -0.4 is 10.7 Å². The third kappa shape index (κ3) is 3.55. The first-order valence-electron chi connectivity index (χ1n) is 10.1. The van der Waals surface area contributed by atoms with Crippen LogP contribution >= 0.6 is 11.6 Å². The Kier molecular flexibility index (Phi) is 5.72. The van der Waals surface area contributed by atoms with Gasteiger partial charge < -0.3 is 24.6 Å². The quantitative estimate of drug-likeness (QED) is 0.707. The smallest absolute Gasteiger partial charge is 0.274 e. The van der Waals surface area contributed by atoms with E-state index in [1.54, 1.807) is 24.8 Å². The zero-order valence-corrected chi connectivity index (χ0v) is 18.4. The average Bonchev–Trinajstić information content (AvgIpc) is 2.73. The number of likely N-dealkylation sites (N-methyl/N-ethyl adjacent to an activating group) is 1. The van der Waals surface area contributed by atoms with Gasteiger partial charge in [0, 0.05) is 45.6 Å². The summed E-state index contributed by atoms with van der Waals surface area (Å²) in [6.45, 7) is 0.742. The molecule has 8 nitrogen and oxygen atoms in total. The second-order valence-electron chi connectivity index (χ2n) is 8.45. The molecular formula is C22H23ClFN3O5. The highest BCUT2D eigenvalue weighted by Gasteiger charge is 2.51. The van der Waals surface area contributed by atoms with E-state index in [1.807, 2.05) is 0 Å². The number of nitrogens with zero attached hydrogens (tertiary/aromatic N) is 2. The van der Waals surface area contributed by atoms with Gasteiger partial charge in [0.25, 0.3) is 11.8 Å². The summed E-state index contributed by atoms with van der Waals surface area (Å²) >= 11 is 5.77. The maximum absolute atomic E-state index is 14.1. The van der Waals surface area contributed by atoms with Gasteiger partial charge in [-0.1, -0.05) is 23.7 Å². The van der Waals surface area contributed by atoms with Crippen LogP contribution in [0.1, 0.15) is 39.3 Å². The number of hydrogen-bond acceptors (Lipinski definition) is 5. The highest BCUT2D eigenvalue weighted by molar-refractivity contribution is 6.30. The van der Waals surface area contributed by atoms with Crippen molar-refractivity contribution < 1.29 is 23.8 Å². The normalized spacial score (nSPS) is 21.9. The molecule has 0 saturated heterocycles. The fraction of sp³-hybridized carbons (Fsp3) is 0.409. The van der Waals surface area contributed by atoms with Crippen molar-refractivity contribution in [2.45, 2.75) is 24.9 Å². The van der Waals surface area contributed by atoms with E-state index in [4.69, 9.17) is 16.3 Å². The Morgan fingerprint density at radius 1 is 1.38 bits per heavy atom. The maximum atomic E-state index is 14.1. The Balaban J connectivity index is 1.68. The summed E-state index contributed by atoms with van der Waals surface area (Å²) in [6.07, 6.45) is 2.67. The number of methoxy groups -OCH3 is 1. The van der Waals surface area contributed by atoms with Gasteiger partial charge in [-0.05, 0) is 24.8 Å². The van der Waals surface area contributed by atoms with Gasteiger partial charge in [0.05, 0.1) is 10.6 Å². The van der Waals surface area contributed by atoms with Gasteiger partial charge in [0.2, 0.25) is 5.43 Å². The fourth-order valence-electron chi connectivity index (χ4n) is 4.76. The largest absolute Gasteiger partial charge is 0.503 e. The van der Waals surface area contributed by atoms with Gasteiger partial charge in [-0.15, -0.1) is 0 Å². The molecule has 2 N–H and O–H groups in total. The summed E-state index contributed by atoms with van der Waals surface area (Å²) in [5.74, 6) is -2.44. The van der Waals surface area contributed by atoms with Gasteiger partial charge >= 0.3 is 0 Å². The summed E-state index contributed by atoms with van der Waals surface area (Å²) in [5.41, 5.74) is -1.78. The monoisotopic (exact) mass is 463 g/mol. The zero-order chi connectivity index (χ0) is 23.2. The third-order valence-electron chi connectivity index (χ3n) is 6.23. The predicted molar refractivity (Wildman–Crippen MR) is 114 cm³/mol. The Labute approximate surface area is 188 Å². The molecular weight excluding hydrogens is 441 g/mol. The molecule has 2 aromatic rings. The molecule has 1 aromatic heterocycles. The molecule has 1 aliphatic carbocycles. The molecule has 0 atom stereocenters. The van der Waals surface area contributed by atoms with Crippen molar-refractivity contribution in [1.82, 2.24) is 14.8 Å². The van der Waals surface area contributed by atoms with Crippen LogP contribution in [-0.4, -0.2) is 53.7 Å². The van der Waals surface area contributed by atoms with E-state index >= 15 is 0 Å². The standard InChI is InChI=1S/C22H23ClFN3O5/c1-26-11-22(6-12(7-22)10-32-2)27-9-14(18(28)19(29)17(27)21(26)31)20(30)25-8-13-4-3-5-15(23)16(13)24/h3-5,9,12,29H,6-8,10-11H2,1-2H3,(H,25,30)/t12-,22+. The highest BCUT2D eigenvalue weighted by atomic mass is 35.5. The lowest BCUT2D eigenvalue weighted by Crippen LogP contribution is -2.60. The number of ether oxygens (including phenoxy) is 1. The van der Waals surface area contributed by atoms with E-state index in [-0.39, 0.29) is 34.3 Å². The van der Waals surface area contributed by atoms with Crippen LogP contribution in [0.2, 0.25) is 5.02 Å². The van der Waals surface area contributed by atoms with Gasteiger partial charge in [0.1, 0.15) is 11.4 Å². The summed E-state index contributed by atoms with van der Waals surface area (Å²) in [7, 11) is 3.23. The van der Waals surface area contributed by atoms with E-state index in [0.717, 1.165) is 0 Å². The molecule has 0 radical (unpaired) electrons. The number of aromatic hydroxyl groups is 1. The van der Waals surface area contributed by atoms with Crippen molar-refractivity contribution in [3.05, 3.63) is 62.3 Å². The van der Waals surface area contributed by atoms with E-state index in [9.17, 15) is 23.9 Å². The van der Waals surface area contributed by atoms with Crippen LogP contribution in [0, 0.1) is 11.7 Å². The van der Waals surface area contributed by atoms with Gasteiger partial charge in [-0.2, -0.15) is 0 Å². The number of aromatic nitrogens is 1. The molecule has 2 amide bonds. The third-order valence-corrected chi connectivity index (χ3v) is 6.52. The van der Waals surface area contributed by atoms with E-state index in [1.165, 1.54) is 23.2 Å². The Bertz CT molecular complexity index is 1160. The van der Waals surface area contributed by atoms with Crippen molar-refractivity contribution in [3.8, 4) is 5.75 Å². The summed E-state index contributed by atoms with van der Waals surface area (Å²) < 4.78 is 20.9. The molecule has 1 saturated carbocycles. The van der Waals surface area contributed by atoms with Gasteiger partial charge in [-0.3, -0.25) is 14.4 Å². The number of hydrogen-bond donors (Lipinski definition) is 2. The number of nitrogens with one attached hydrogen (secondary N) is 1. The molecule has 1 aromatic carbocycles. The molecule has 1 aliphatic heterocycles. The van der Waals surface area contributed by atoms with Crippen LogP contribution in [0.4, 0.5) is 4.39 Å². The minimum Gasteiger partial charge on any atom is -0.503 e. The topological polar surface area (TPSA) is 101 Å². The van der Waals surface area contributed by atoms with E-state index < -0.39 is 34.3 Å². The van der Waals surface area contributed by atoms with Crippen molar-refractivity contribution >= 4 is 23.4 Å². The molecule has 4 rings (SSSR count). The lowest BCUT2D eigenvalue weighted by atomic mass is 9.67. The first-order valence-corrected chi connectivity index (χ1v) is 10.5. The van der Waals surface area contributed by atoms with Crippen LogP contribution in [-0.2, 0) is 16.8 Å². The predicted octanol–water partition coefficient (Wildman–Crippen LogP) is 2.11. The van der Waals surface area contributed by atoms with Crippen molar-refractivity contribution in [2.75, 3.05) is 27.3 Å². The number of rotatable bonds is 5. The maximum Gasteiger partial charge on any atom is 0.274 e. The van der Waals surface area contributed by atoms with Crippen LogP contribution in [0.5, 0.6) is 5.75 Å². The molecule has 1 fully saturated rings. The number of carbonyl (C=O) groups is 2. The lowest BCUT2D eigenvalue weighted by molar-refractivity contribution is -0.0190. The first-order chi connectivity index (χ1) is 15.2. The van der Waals surface area contributed by atoms with E-state index in [0.29, 0.717) is 26.0 Å². The Morgan fingerprint density at radius 2 is 2.09 bits per heavy atom. The van der Waals surface area contributed by atoms with Crippen LogP contribution in [0.3, 0.4) is 0 Å². The number of amides is 2. The molecule has 170 valence electrons. The van der Waals surface area contributed by atoms with Crippen LogP contribution in [0.15, 0.2) is 29.2 Å². The minimum atomic E-state index is -0.952. The Morgan fingerprint density at radius 3 is 2.78 bits per heavy atom. The van der Waals surface area contributed by atoms with E-state index in [2.05, 4.69) is 5.32 Å². The molecule has 2 heterocycles. The second kappa shape index (κ2) is 8.22. The second-order valence-corrected chi connectivity index (χ2v) is 8.86. The molecule has 2 aliphatic rings. The molecule has 0 bridgehead atoms. The van der Waals surface area contributed by atoms with Gasteiger partial charge in [0.15, 0.2) is 11.4 Å². The minimum absolute atomic E-state index is 0.0802. The van der Waals surface area contributed by atoms with Gasteiger partial charge in [-0.25, -0.2) is 4.39 Å². The number of halogens is 2. The van der Waals surface area contributed by atoms with Crippen molar-refractivity contribution in [1.29, 1.82) is 0 Å². The van der Waals surface area contributed by atoms with Crippen molar-refractivity contribution in [3.63, 3.8) is 0 Å². The first kappa shape index (κ1) is 22.3.